The first-order chi connectivity index (χ1) is 9.52. The van der Waals surface area contributed by atoms with E-state index < -0.39 is 0 Å². The fourth-order valence-corrected chi connectivity index (χ4v) is 2.87. The molecule has 0 saturated heterocycles. The monoisotopic (exact) mass is 332 g/mol. The third kappa shape index (κ3) is 3.22. The highest BCUT2D eigenvalue weighted by Gasteiger charge is 2.10. The molecule has 0 saturated carbocycles. The van der Waals surface area contributed by atoms with Gasteiger partial charge >= 0.3 is 0 Å². The Morgan fingerprint density at radius 2 is 1.90 bits per heavy atom. The summed E-state index contributed by atoms with van der Waals surface area (Å²) in [6.45, 7) is 4.27. The van der Waals surface area contributed by atoms with E-state index in [0.29, 0.717) is 6.04 Å². The Morgan fingerprint density at radius 1 is 1.15 bits per heavy atom. The highest BCUT2D eigenvalue weighted by molar-refractivity contribution is 9.10. The second-order valence-electron chi connectivity index (χ2n) is 5.12. The van der Waals surface area contributed by atoms with Gasteiger partial charge in [-0.15, -0.1) is 0 Å². The fourth-order valence-electron chi connectivity index (χ4n) is 2.21. The minimum Gasteiger partial charge on any atom is -0.344 e. The van der Waals surface area contributed by atoms with Crippen LogP contribution in [0.25, 0.3) is 0 Å². The number of aryl methyl sites for hydroxylation is 1. The number of nitrogens with zero attached hydrogens (tertiary/aromatic N) is 1. The van der Waals surface area contributed by atoms with E-state index in [2.05, 4.69) is 89.5 Å². The van der Waals surface area contributed by atoms with Gasteiger partial charge in [-0.1, -0.05) is 18.2 Å². The summed E-state index contributed by atoms with van der Waals surface area (Å²) in [4.78, 5) is 2.20. The van der Waals surface area contributed by atoms with Crippen molar-refractivity contribution >= 4 is 27.3 Å². The molecule has 3 heteroatoms. The SMILES string of the molecule is CNC(C)c1ccc(N(C)c2cccc(C)c2)c(Br)c1. The van der Waals surface area contributed by atoms with Crippen LogP contribution in [-0.4, -0.2) is 14.1 Å². The molecule has 1 atom stereocenters. The average molecular weight is 333 g/mol. The van der Waals surface area contributed by atoms with Crippen molar-refractivity contribution in [2.75, 3.05) is 19.0 Å². The van der Waals surface area contributed by atoms with E-state index in [0.717, 1.165) is 4.47 Å². The number of anilines is 2. The highest BCUT2D eigenvalue weighted by Crippen LogP contribution is 2.33. The average Bonchev–Trinajstić information content (AvgIpc) is 2.45. The highest BCUT2D eigenvalue weighted by atomic mass is 79.9. The minimum absolute atomic E-state index is 0.352. The van der Waals surface area contributed by atoms with Gasteiger partial charge in [-0.3, -0.25) is 0 Å². The number of hydrogen-bond acceptors (Lipinski definition) is 2. The lowest BCUT2D eigenvalue weighted by atomic mass is 10.1. The molecule has 0 spiro atoms. The van der Waals surface area contributed by atoms with Crippen LogP contribution in [0.5, 0.6) is 0 Å². The summed E-state index contributed by atoms with van der Waals surface area (Å²) in [7, 11) is 4.07. The molecule has 106 valence electrons. The molecule has 1 unspecified atom stereocenters. The summed E-state index contributed by atoms with van der Waals surface area (Å²) in [5.74, 6) is 0. The normalized spacial score (nSPS) is 12.2. The fraction of sp³-hybridized carbons (Fsp3) is 0.294. The molecule has 0 heterocycles. The molecule has 0 aromatic heterocycles. The van der Waals surface area contributed by atoms with Gasteiger partial charge in [0.1, 0.15) is 0 Å². The smallest absolute Gasteiger partial charge is 0.0552 e. The van der Waals surface area contributed by atoms with E-state index in [4.69, 9.17) is 0 Å². The Hall–Kier alpha value is -1.32. The summed E-state index contributed by atoms with van der Waals surface area (Å²) >= 11 is 3.69. The Morgan fingerprint density at radius 3 is 2.50 bits per heavy atom. The molecular weight excluding hydrogens is 312 g/mol. The standard InChI is InChI=1S/C17H21BrN2/c1-12-6-5-7-15(10-12)20(4)17-9-8-14(11-16(17)18)13(2)19-3/h5-11,13,19H,1-4H3. The Kier molecular flexibility index (Phi) is 4.84. The third-order valence-electron chi connectivity index (χ3n) is 3.66. The van der Waals surface area contributed by atoms with Crippen molar-refractivity contribution in [3.05, 3.63) is 58.1 Å². The van der Waals surface area contributed by atoms with E-state index in [9.17, 15) is 0 Å². The molecule has 2 aromatic rings. The number of benzene rings is 2. The summed E-state index contributed by atoms with van der Waals surface area (Å²) in [6.07, 6.45) is 0. The predicted molar refractivity (Wildman–Crippen MR) is 90.9 cm³/mol. The topological polar surface area (TPSA) is 15.3 Å². The van der Waals surface area contributed by atoms with Crippen molar-refractivity contribution in [1.29, 1.82) is 0 Å². The van der Waals surface area contributed by atoms with E-state index in [1.165, 1.54) is 22.5 Å². The van der Waals surface area contributed by atoms with Gasteiger partial charge in [0.2, 0.25) is 0 Å². The maximum atomic E-state index is 3.69. The number of nitrogens with one attached hydrogen (secondary N) is 1. The van der Waals surface area contributed by atoms with Crippen LogP contribution in [0.1, 0.15) is 24.1 Å². The molecular formula is C17H21BrN2. The van der Waals surface area contributed by atoms with E-state index >= 15 is 0 Å². The van der Waals surface area contributed by atoms with Crippen LogP contribution < -0.4 is 10.2 Å². The minimum atomic E-state index is 0.352. The zero-order chi connectivity index (χ0) is 14.7. The molecule has 0 aliphatic carbocycles. The second kappa shape index (κ2) is 6.42. The quantitative estimate of drug-likeness (QED) is 0.864. The van der Waals surface area contributed by atoms with E-state index in [1.54, 1.807) is 0 Å². The van der Waals surface area contributed by atoms with Crippen molar-refractivity contribution in [2.45, 2.75) is 19.9 Å². The van der Waals surface area contributed by atoms with Gasteiger partial charge in [0.05, 0.1) is 5.69 Å². The molecule has 0 aliphatic heterocycles. The van der Waals surface area contributed by atoms with Crippen molar-refractivity contribution in [1.82, 2.24) is 5.32 Å². The molecule has 2 nitrogen and oxygen atoms in total. The van der Waals surface area contributed by atoms with E-state index in [1.807, 2.05) is 7.05 Å². The molecule has 0 radical (unpaired) electrons. The van der Waals surface area contributed by atoms with Crippen LogP contribution in [0.3, 0.4) is 0 Å². The molecule has 2 aromatic carbocycles. The molecule has 0 bridgehead atoms. The maximum absolute atomic E-state index is 3.69. The van der Waals surface area contributed by atoms with Crippen molar-refractivity contribution in [3.63, 3.8) is 0 Å². The zero-order valence-corrected chi connectivity index (χ0v) is 14.0. The van der Waals surface area contributed by atoms with Crippen LogP contribution in [0.2, 0.25) is 0 Å². The lowest BCUT2D eigenvalue weighted by molar-refractivity contribution is 0.652. The lowest BCUT2D eigenvalue weighted by Crippen LogP contribution is -2.14. The van der Waals surface area contributed by atoms with Gasteiger partial charge in [-0.25, -0.2) is 0 Å². The van der Waals surface area contributed by atoms with Gasteiger partial charge in [0.25, 0.3) is 0 Å². The van der Waals surface area contributed by atoms with Crippen LogP contribution in [-0.2, 0) is 0 Å². The van der Waals surface area contributed by atoms with Gasteiger partial charge in [-0.05, 0) is 72.2 Å². The van der Waals surface area contributed by atoms with Crippen LogP contribution in [0.15, 0.2) is 46.9 Å². The first-order valence-electron chi connectivity index (χ1n) is 6.80. The van der Waals surface area contributed by atoms with Gasteiger partial charge in [-0.2, -0.15) is 0 Å². The number of hydrogen-bond donors (Lipinski definition) is 1. The van der Waals surface area contributed by atoms with Crippen LogP contribution >= 0.6 is 15.9 Å². The molecule has 0 aliphatic rings. The zero-order valence-electron chi connectivity index (χ0n) is 12.4. The summed E-state index contributed by atoms with van der Waals surface area (Å²) in [5.41, 5.74) is 4.91. The molecule has 2 rings (SSSR count). The number of halogens is 1. The molecule has 0 amide bonds. The van der Waals surface area contributed by atoms with Gasteiger partial charge in [0, 0.05) is 23.2 Å². The predicted octanol–water partition coefficient (Wildman–Crippen LogP) is 4.81. The molecule has 20 heavy (non-hydrogen) atoms. The molecule has 0 fully saturated rings. The lowest BCUT2D eigenvalue weighted by Gasteiger charge is -2.22. The maximum Gasteiger partial charge on any atom is 0.0552 e. The van der Waals surface area contributed by atoms with E-state index in [-0.39, 0.29) is 0 Å². The van der Waals surface area contributed by atoms with Gasteiger partial charge < -0.3 is 10.2 Å². The summed E-state index contributed by atoms with van der Waals surface area (Å²) in [6, 6.07) is 15.4. The third-order valence-corrected chi connectivity index (χ3v) is 4.29. The Labute approximate surface area is 129 Å². The largest absolute Gasteiger partial charge is 0.344 e. The molecule has 1 N–H and O–H groups in total. The van der Waals surface area contributed by atoms with Gasteiger partial charge in [0.15, 0.2) is 0 Å². The first kappa shape index (κ1) is 15.1. The van der Waals surface area contributed by atoms with Crippen molar-refractivity contribution in [2.24, 2.45) is 0 Å². The van der Waals surface area contributed by atoms with Crippen molar-refractivity contribution < 1.29 is 0 Å². The summed E-state index contributed by atoms with van der Waals surface area (Å²) in [5, 5.41) is 3.26. The summed E-state index contributed by atoms with van der Waals surface area (Å²) < 4.78 is 1.11. The van der Waals surface area contributed by atoms with Crippen LogP contribution in [0.4, 0.5) is 11.4 Å². The van der Waals surface area contributed by atoms with Crippen molar-refractivity contribution in [3.8, 4) is 0 Å². The Bertz CT molecular complexity index is 595. The Balaban J connectivity index is 2.33. The second-order valence-corrected chi connectivity index (χ2v) is 5.97. The first-order valence-corrected chi connectivity index (χ1v) is 7.59. The van der Waals surface area contributed by atoms with Crippen LogP contribution in [0, 0.1) is 6.92 Å². The number of rotatable bonds is 4.